The third kappa shape index (κ3) is 5.12. The Morgan fingerprint density at radius 3 is 2.69 bits per heavy atom. The fraction of sp³-hybridized carbons (Fsp3) is 0.591. The van der Waals surface area contributed by atoms with E-state index in [0.29, 0.717) is 37.0 Å². The molecule has 0 unspecified atom stereocenters. The number of nitrogens with one attached hydrogen (secondary N) is 2. The van der Waals surface area contributed by atoms with Crippen molar-refractivity contribution >= 4 is 21.7 Å². The fourth-order valence-corrected chi connectivity index (χ4v) is 5.54. The number of nitrogens with zero attached hydrogens (tertiary/aromatic N) is 3. The molecule has 174 valence electrons. The number of hydrogen-bond acceptors (Lipinski definition) is 7. The van der Waals surface area contributed by atoms with E-state index in [-0.39, 0.29) is 28.6 Å². The molecule has 0 aromatic carbocycles. The van der Waals surface area contributed by atoms with Crippen LogP contribution in [0.5, 0.6) is 0 Å². The van der Waals surface area contributed by atoms with Gasteiger partial charge in [0, 0.05) is 43.4 Å². The third-order valence-electron chi connectivity index (χ3n) is 5.93. The van der Waals surface area contributed by atoms with E-state index in [1.165, 1.54) is 10.5 Å². The maximum absolute atomic E-state index is 13.2. The van der Waals surface area contributed by atoms with E-state index in [1.807, 2.05) is 6.92 Å². The van der Waals surface area contributed by atoms with E-state index in [1.54, 1.807) is 18.2 Å². The molecule has 1 aliphatic carbocycles. The molecule has 1 saturated carbocycles. The van der Waals surface area contributed by atoms with Gasteiger partial charge in [0.1, 0.15) is 16.5 Å². The van der Waals surface area contributed by atoms with Crippen molar-refractivity contribution in [2.45, 2.75) is 69.4 Å². The molecular formula is C22H31N5O4S. The van der Waals surface area contributed by atoms with Crippen LogP contribution in [0, 0.1) is 5.92 Å². The highest BCUT2D eigenvalue weighted by molar-refractivity contribution is 7.89. The predicted molar refractivity (Wildman–Crippen MR) is 120 cm³/mol. The largest absolute Gasteiger partial charge is 0.370 e. The first-order valence-corrected chi connectivity index (χ1v) is 12.7. The lowest BCUT2D eigenvalue weighted by Gasteiger charge is -2.36. The molecule has 10 heteroatoms. The number of carbonyl (C=O) groups excluding carboxylic acids is 1. The zero-order chi connectivity index (χ0) is 22.9. The second kappa shape index (κ2) is 9.19. The van der Waals surface area contributed by atoms with Gasteiger partial charge in [-0.1, -0.05) is 19.0 Å². The van der Waals surface area contributed by atoms with Crippen molar-refractivity contribution in [3.8, 4) is 0 Å². The summed E-state index contributed by atoms with van der Waals surface area (Å²) in [5.41, 5.74) is 0.284. The van der Waals surface area contributed by atoms with Gasteiger partial charge in [-0.15, -0.1) is 0 Å². The molecule has 3 heterocycles. The summed E-state index contributed by atoms with van der Waals surface area (Å²) in [7, 11) is -3.66. The van der Waals surface area contributed by atoms with Crippen LogP contribution in [-0.4, -0.2) is 53.9 Å². The molecule has 0 bridgehead atoms. The number of hydrogen-bond donors (Lipinski definition) is 2. The summed E-state index contributed by atoms with van der Waals surface area (Å²) in [5.74, 6) is 2.01. The monoisotopic (exact) mass is 461 g/mol. The number of piperidine rings is 1. The molecule has 2 aliphatic rings. The molecule has 0 radical (unpaired) electrons. The summed E-state index contributed by atoms with van der Waals surface area (Å²) in [6.07, 6.45) is 4.62. The molecular weight excluding hydrogens is 430 g/mol. The van der Waals surface area contributed by atoms with Crippen LogP contribution in [0.1, 0.15) is 68.6 Å². The van der Waals surface area contributed by atoms with E-state index < -0.39 is 10.0 Å². The molecule has 32 heavy (non-hydrogen) atoms. The van der Waals surface area contributed by atoms with Gasteiger partial charge in [0.2, 0.25) is 10.0 Å². The van der Waals surface area contributed by atoms with Crippen molar-refractivity contribution in [2.75, 3.05) is 18.4 Å². The maximum atomic E-state index is 13.2. The SMILES string of the molecule is CC(C)CNc1ccc(S(=O)(=O)N2CC[C@H](NC(=O)c3cc(C4CC4)on3)C[C@H]2C)cn1. The molecule has 2 N–H and O–H groups in total. The lowest BCUT2D eigenvalue weighted by molar-refractivity contribution is 0.0905. The Morgan fingerprint density at radius 2 is 2.06 bits per heavy atom. The quantitative estimate of drug-likeness (QED) is 0.620. The van der Waals surface area contributed by atoms with Crippen molar-refractivity contribution in [3.05, 3.63) is 35.9 Å². The van der Waals surface area contributed by atoms with Gasteiger partial charge in [-0.3, -0.25) is 4.79 Å². The Kier molecular flexibility index (Phi) is 6.52. The molecule has 1 amide bonds. The van der Waals surface area contributed by atoms with Crippen LogP contribution in [0.25, 0.3) is 0 Å². The Hall–Kier alpha value is -2.46. The molecule has 1 aliphatic heterocycles. The Morgan fingerprint density at radius 1 is 1.28 bits per heavy atom. The summed E-state index contributed by atoms with van der Waals surface area (Å²) < 4.78 is 33.1. The minimum Gasteiger partial charge on any atom is -0.370 e. The lowest BCUT2D eigenvalue weighted by atomic mass is 10.0. The summed E-state index contributed by atoms with van der Waals surface area (Å²) in [6, 6.07) is 4.62. The minimum atomic E-state index is -3.66. The number of anilines is 1. The Balaban J connectivity index is 1.35. The standard InChI is InChI=1S/C22H31N5O4S/c1-14(2)12-23-21-7-6-18(13-24-21)32(29,30)27-9-8-17(10-15(27)3)25-22(28)19-11-20(31-26-19)16-4-5-16/h6-7,11,13-17H,4-5,8-10,12H2,1-3H3,(H,23,24)(H,25,28)/t15-,17+/m1/s1. The summed E-state index contributed by atoms with van der Waals surface area (Å²) in [6.45, 7) is 7.15. The molecule has 2 fully saturated rings. The van der Waals surface area contributed by atoms with Crippen molar-refractivity contribution < 1.29 is 17.7 Å². The average Bonchev–Trinajstić information content (AvgIpc) is 3.48. The highest BCUT2D eigenvalue weighted by Crippen LogP contribution is 2.40. The minimum absolute atomic E-state index is 0.120. The van der Waals surface area contributed by atoms with Crippen molar-refractivity contribution in [1.29, 1.82) is 0 Å². The predicted octanol–water partition coefficient (Wildman–Crippen LogP) is 2.99. The molecule has 2 aromatic heterocycles. The van der Waals surface area contributed by atoms with Crippen LogP contribution >= 0.6 is 0 Å². The summed E-state index contributed by atoms with van der Waals surface area (Å²) in [5, 5.41) is 10.0. The Bertz CT molecular complexity index is 1050. The van der Waals surface area contributed by atoms with Crippen LogP contribution in [0.3, 0.4) is 0 Å². The third-order valence-corrected chi connectivity index (χ3v) is 7.92. The number of carbonyl (C=O) groups is 1. The maximum Gasteiger partial charge on any atom is 0.273 e. The van der Waals surface area contributed by atoms with Gasteiger partial charge in [0.15, 0.2) is 5.69 Å². The number of rotatable bonds is 8. The van der Waals surface area contributed by atoms with Gasteiger partial charge in [-0.05, 0) is 50.7 Å². The lowest BCUT2D eigenvalue weighted by Crippen LogP contribution is -2.50. The van der Waals surface area contributed by atoms with E-state index in [0.717, 1.165) is 25.1 Å². The first kappa shape index (κ1) is 22.7. The van der Waals surface area contributed by atoms with Gasteiger partial charge < -0.3 is 15.2 Å². The molecule has 1 saturated heterocycles. The highest BCUT2D eigenvalue weighted by Gasteiger charge is 2.36. The van der Waals surface area contributed by atoms with E-state index >= 15 is 0 Å². The second-order valence-electron chi connectivity index (χ2n) is 9.20. The Labute approximate surface area is 189 Å². The zero-order valence-electron chi connectivity index (χ0n) is 18.7. The fourth-order valence-electron chi connectivity index (χ4n) is 3.94. The molecule has 2 atom stereocenters. The zero-order valence-corrected chi connectivity index (χ0v) is 19.6. The van der Waals surface area contributed by atoms with Gasteiger partial charge in [-0.2, -0.15) is 4.31 Å². The number of pyridine rings is 1. The van der Waals surface area contributed by atoms with Crippen molar-refractivity contribution in [2.24, 2.45) is 5.92 Å². The molecule has 0 spiro atoms. The van der Waals surface area contributed by atoms with Crippen molar-refractivity contribution in [3.63, 3.8) is 0 Å². The average molecular weight is 462 g/mol. The second-order valence-corrected chi connectivity index (χ2v) is 11.1. The van der Waals surface area contributed by atoms with E-state index in [4.69, 9.17) is 4.52 Å². The number of aromatic nitrogens is 2. The molecule has 4 rings (SSSR count). The van der Waals surface area contributed by atoms with Gasteiger partial charge in [-0.25, -0.2) is 13.4 Å². The summed E-state index contributed by atoms with van der Waals surface area (Å²) in [4.78, 5) is 17.0. The highest BCUT2D eigenvalue weighted by atomic mass is 32.2. The van der Waals surface area contributed by atoms with Crippen LogP contribution < -0.4 is 10.6 Å². The van der Waals surface area contributed by atoms with Crippen molar-refractivity contribution in [1.82, 2.24) is 19.8 Å². The van der Waals surface area contributed by atoms with E-state index in [2.05, 4.69) is 34.6 Å². The van der Waals surface area contributed by atoms with Crippen LogP contribution in [0.15, 0.2) is 33.8 Å². The van der Waals surface area contributed by atoms with Crippen LogP contribution in [0.2, 0.25) is 0 Å². The first-order chi connectivity index (χ1) is 15.2. The first-order valence-electron chi connectivity index (χ1n) is 11.2. The normalized spacial score (nSPS) is 22.1. The van der Waals surface area contributed by atoms with Gasteiger partial charge in [0.05, 0.1) is 0 Å². The van der Waals surface area contributed by atoms with E-state index in [9.17, 15) is 13.2 Å². The molecule has 2 aromatic rings. The van der Waals surface area contributed by atoms with Crippen LogP contribution in [0.4, 0.5) is 5.82 Å². The van der Waals surface area contributed by atoms with Gasteiger partial charge >= 0.3 is 0 Å². The smallest absolute Gasteiger partial charge is 0.273 e. The summed E-state index contributed by atoms with van der Waals surface area (Å²) >= 11 is 0. The van der Waals surface area contributed by atoms with Crippen LogP contribution in [-0.2, 0) is 10.0 Å². The van der Waals surface area contributed by atoms with Gasteiger partial charge in [0.25, 0.3) is 5.91 Å². The topological polar surface area (TPSA) is 117 Å². The number of amides is 1. The number of sulfonamides is 1. The molecule has 9 nitrogen and oxygen atoms in total.